The molecule has 5 heteroatoms. The Bertz CT molecular complexity index is 672. The summed E-state index contributed by atoms with van der Waals surface area (Å²) in [7, 11) is 1.61. The van der Waals surface area contributed by atoms with Crippen molar-refractivity contribution in [2.75, 3.05) is 13.7 Å². The van der Waals surface area contributed by atoms with Crippen LogP contribution in [0.5, 0.6) is 11.5 Å². The standard InChI is InChI=1S/C16H17NO4/c1-20-10-5-2-7-11-14(10)21-15-9(18)4-3-8-12(13(7)19)17-6-16(8,11)15/h2,5,8,12-13,15,17,19H,3-4,6H2,1H3/t8-,12-,13?,15-,16-/m0/s1. The maximum Gasteiger partial charge on any atom is 0.174 e. The number of nitrogens with one attached hydrogen (secondary N) is 1. The number of Topliss-reactive ketones (excluding diaryl/α,β-unsaturated/α-hetero) is 1. The van der Waals surface area contributed by atoms with E-state index in [0.717, 1.165) is 17.5 Å². The van der Waals surface area contributed by atoms with Crippen LogP contribution in [-0.4, -0.2) is 36.7 Å². The van der Waals surface area contributed by atoms with Crippen molar-refractivity contribution in [1.29, 1.82) is 0 Å². The van der Waals surface area contributed by atoms with Crippen LogP contribution >= 0.6 is 0 Å². The Labute approximate surface area is 122 Å². The third kappa shape index (κ3) is 1.12. The van der Waals surface area contributed by atoms with Gasteiger partial charge in [-0.3, -0.25) is 4.79 Å². The minimum atomic E-state index is -0.541. The van der Waals surface area contributed by atoms with Gasteiger partial charge in [-0.2, -0.15) is 0 Å². The molecule has 0 aromatic heterocycles. The minimum Gasteiger partial charge on any atom is -0.493 e. The first-order chi connectivity index (χ1) is 10.2. The summed E-state index contributed by atoms with van der Waals surface area (Å²) >= 11 is 0. The average molecular weight is 287 g/mol. The molecule has 0 amide bonds. The molecule has 0 radical (unpaired) electrons. The quantitative estimate of drug-likeness (QED) is 0.795. The van der Waals surface area contributed by atoms with Gasteiger partial charge in [-0.1, -0.05) is 6.07 Å². The molecule has 21 heavy (non-hydrogen) atoms. The minimum absolute atomic E-state index is 0.0241. The van der Waals surface area contributed by atoms with E-state index in [1.807, 2.05) is 12.1 Å². The van der Waals surface area contributed by atoms with E-state index in [4.69, 9.17) is 9.47 Å². The number of hydrogen-bond acceptors (Lipinski definition) is 5. The molecule has 2 aliphatic heterocycles. The number of carbonyl (C=O) groups excluding carboxylic acids is 1. The van der Waals surface area contributed by atoms with Crippen LogP contribution in [0.4, 0.5) is 0 Å². The van der Waals surface area contributed by atoms with Crippen molar-refractivity contribution in [3.8, 4) is 11.5 Å². The topological polar surface area (TPSA) is 67.8 Å². The molecule has 1 aromatic carbocycles. The van der Waals surface area contributed by atoms with E-state index in [0.29, 0.717) is 24.5 Å². The Kier molecular flexibility index (Phi) is 2.05. The molecule has 110 valence electrons. The lowest BCUT2D eigenvalue weighted by atomic mass is 9.57. The maximum atomic E-state index is 12.4. The van der Waals surface area contributed by atoms with Gasteiger partial charge in [-0.25, -0.2) is 0 Å². The molecular weight excluding hydrogens is 270 g/mol. The largest absolute Gasteiger partial charge is 0.493 e. The fraction of sp³-hybridized carbons (Fsp3) is 0.562. The Hall–Kier alpha value is -1.59. The number of aliphatic hydroxyl groups excluding tert-OH is 1. The molecule has 1 saturated heterocycles. The van der Waals surface area contributed by atoms with E-state index in [-0.39, 0.29) is 23.2 Å². The number of rotatable bonds is 1. The molecule has 1 unspecified atom stereocenters. The van der Waals surface area contributed by atoms with Crippen LogP contribution in [-0.2, 0) is 10.2 Å². The monoisotopic (exact) mass is 287 g/mol. The second-order valence-corrected chi connectivity index (χ2v) is 6.56. The first kappa shape index (κ1) is 12.0. The third-order valence-electron chi connectivity index (χ3n) is 5.92. The van der Waals surface area contributed by atoms with Gasteiger partial charge in [0.15, 0.2) is 23.4 Å². The summed E-state index contributed by atoms with van der Waals surface area (Å²) in [6.07, 6.45) is 0.393. The zero-order valence-electron chi connectivity index (χ0n) is 11.8. The zero-order valence-corrected chi connectivity index (χ0v) is 11.8. The lowest BCUT2D eigenvalue weighted by Crippen LogP contribution is -2.55. The fourth-order valence-electron chi connectivity index (χ4n) is 5.12. The molecule has 2 fully saturated rings. The highest BCUT2D eigenvalue weighted by molar-refractivity contribution is 5.89. The van der Waals surface area contributed by atoms with Gasteiger partial charge in [-0.15, -0.1) is 0 Å². The number of carbonyl (C=O) groups is 1. The molecule has 5 rings (SSSR count). The smallest absolute Gasteiger partial charge is 0.174 e. The van der Waals surface area contributed by atoms with E-state index < -0.39 is 12.2 Å². The normalized spacial score (nSPS) is 41.7. The van der Waals surface area contributed by atoms with E-state index >= 15 is 0 Å². The number of hydrogen-bond donors (Lipinski definition) is 2. The van der Waals surface area contributed by atoms with Crippen LogP contribution in [0, 0.1) is 5.92 Å². The van der Waals surface area contributed by atoms with Crippen LogP contribution in [0.1, 0.15) is 30.1 Å². The Morgan fingerprint density at radius 2 is 2.33 bits per heavy atom. The summed E-state index contributed by atoms with van der Waals surface area (Å²) in [6.45, 7) is 0.697. The number of benzene rings is 1. The lowest BCUT2D eigenvalue weighted by Gasteiger charge is -2.44. The SMILES string of the molecule is COc1ccc2c3c1O[C@H]1C(=O)CC[C@H]4[C@H](NC[C@]314)C2O. The molecule has 2 N–H and O–H groups in total. The molecule has 5 atom stereocenters. The zero-order chi connectivity index (χ0) is 14.4. The summed E-state index contributed by atoms with van der Waals surface area (Å²) in [6, 6.07) is 3.77. The van der Waals surface area contributed by atoms with Gasteiger partial charge in [0.05, 0.1) is 18.6 Å². The molecule has 1 aromatic rings. The van der Waals surface area contributed by atoms with Crippen molar-refractivity contribution >= 4 is 5.78 Å². The highest BCUT2D eigenvalue weighted by Gasteiger charge is 2.68. The van der Waals surface area contributed by atoms with Crippen molar-refractivity contribution < 1.29 is 19.4 Å². The van der Waals surface area contributed by atoms with E-state index in [1.54, 1.807) is 7.11 Å². The molecule has 1 spiro atoms. The van der Waals surface area contributed by atoms with Gasteiger partial charge < -0.3 is 19.9 Å². The van der Waals surface area contributed by atoms with E-state index in [2.05, 4.69) is 5.32 Å². The second-order valence-electron chi connectivity index (χ2n) is 6.56. The summed E-state index contributed by atoms with van der Waals surface area (Å²) in [5.74, 6) is 1.76. The van der Waals surface area contributed by atoms with Gasteiger partial charge in [0, 0.05) is 24.6 Å². The second kappa shape index (κ2) is 3.59. The Morgan fingerprint density at radius 3 is 3.14 bits per heavy atom. The van der Waals surface area contributed by atoms with Gasteiger partial charge in [0.1, 0.15) is 0 Å². The van der Waals surface area contributed by atoms with Crippen LogP contribution in [0.25, 0.3) is 0 Å². The maximum absolute atomic E-state index is 12.4. The van der Waals surface area contributed by atoms with E-state index in [9.17, 15) is 9.90 Å². The van der Waals surface area contributed by atoms with Gasteiger partial charge in [-0.05, 0) is 24.0 Å². The van der Waals surface area contributed by atoms with Crippen LogP contribution in [0.2, 0.25) is 0 Å². The summed E-state index contributed by atoms with van der Waals surface area (Å²) in [4.78, 5) is 12.4. The van der Waals surface area contributed by atoms with Crippen LogP contribution < -0.4 is 14.8 Å². The molecule has 2 aliphatic carbocycles. The first-order valence-corrected chi connectivity index (χ1v) is 7.50. The number of ether oxygens (including phenoxy) is 2. The third-order valence-corrected chi connectivity index (χ3v) is 5.92. The van der Waals surface area contributed by atoms with Crippen LogP contribution in [0.3, 0.4) is 0 Å². The Morgan fingerprint density at radius 1 is 1.48 bits per heavy atom. The van der Waals surface area contributed by atoms with Crippen molar-refractivity contribution in [2.45, 2.75) is 36.5 Å². The van der Waals surface area contributed by atoms with Crippen molar-refractivity contribution in [3.63, 3.8) is 0 Å². The van der Waals surface area contributed by atoms with E-state index in [1.165, 1.54) is 0 Å². The first-order valence-electron chi connectivity index (χ1n) is 7.50. The summed E-state index contributed by atoms with van der Waals surface area (Å²) < 4.78 is 11.5. The lowest BCUT2D eigenvalue weighted by molar-refractivity contribution is -0.132. The molecule has 5 nitrogen and oxygen atoms in total. The molecule has 2 heterocycles. The molecule has 4 aliphatic rings. The highest BCUT2D eigenvalue weighted by Crippen LogP contribution is 2.63. The predicted octanol–water partition coefficient (Wildman–Crippen LogP) is 0.692. The predicted molar refractivity (Wildman–Crippen MR) is 73.6 cm³/mol. The van der Waals surface area contributed by atoms with Crippen molar-refractivity contribution in [1.82, 2.24) is 5.32 Å². The average Bonchev–Trinajstić information content (AvgIpc) is 3.01. The van der Waals surface area contributed by atoms with Crippen molar-refractivity contribution in [2.24, 2.45) is 5.92 Å². The number of aliphatic hydroxyl groups is 1. The summed E-state index contributed by atoms with van der Waals surface area (Å²) in [5.41, 5.74) is 1.60. The Balaban J connectivity index is 1.86. The van der Waals surface area contributed by atoms with Crippen molar-refractivity contribution in [3.05, 3.63) is 23.3 Å². The molecule has 2 bridgehead atoms. The van der Waals surface area contributed by atoms with Gasteiger partial charge in [0.25, 0.3) is 0 Å². The van der Waals surface area contributed by atoms with Gasteiger partial charge >= 0.3 is 0 Å². The number of ketones is 1. The molecular formula is C16H17NO4. The number of methoxy groups -OCH3 is 1. The fourth-order valence-corrected chi connectivity index (χ4v) is 5.12. The molecule has 1 saturated carbocycles. The van der Waals surface area contributed by atoms with Crippen LogP contribution in [0.15, 0.2) is 12.1 Å². The summed E-state index contributed by atoms with van der Waals surface area (Å²) in [5, 5.41) is 14.2. The highest BCUT2D eigenvalue weighted by atomic mass is 16.5. The van der Waals surface area contributed by atoms with Gasteiger partial charge in [0.2, 0.25) is 0 Å².